The van der Waals surface area contributed by atoms with Crippen molar-refractivity contribution in [3.05, 3.63) is 35.9 Å². The van der Waals surface area contributed by atoms with E-state index in [1.54, 1.807) is 0 Å². The quantitative estimate of drug-likeness (QED) is 0.176. The summed E-state index contributed by atoms with van der Waals surface area (Å²) in [5.74, 6) is 0.961. The number of rotatable bonds is 10. The van der Waals surface area contributed by atoms with Gasteiger partial charge in [-0.25, -0.2) is 4.89 Å². The zero-order valence-electron chi connectivity index (χ0n) is 16.7. The minimum Gasteiger partial charge on any atom is -1.00 e. The first-order chi connectivity index (χ1) is 11.3. The van der Waals surface area contributed by atoms with E-state index in [1.807, 2.05) is 6.07 Å². The molecule has 0 amide bonds. The Morgan fingerprint density at radius 3 is 2.00 bits per heavy atom. The molecule has 0 bridgehead atoms. The van der Waals surface area contributed by atoms with Gasteiger partial charge in [0.25, 0.3) is 0 Å². The molecule has 0 atom stereocenters. The van der Waals surface area contributed by atoms with E-state index in [0.717, 1.165) is 31.7 Å². The third-order valence-electron chi connectivity index (χ3n) is 2.47. The molecule has 3 N–H and O–H groups in total. The molecule has 138 valence electrons. The number of aliphatic hydroxyl groups is 2. The number of nitrogens with one attached hydrogen (secondary N) is 1. The van der Waals surface area contributed by atoms with Gasteiger partial charge in [0.15, 0.2) is 0 Å². The summed E-state index contributed by atoms with van der Waals surface area (Å²) in [6, 6.07) is 10.4. The summed E-state index contributed by atoms with van der Waals surface area (Å²) in [4.78, 5) is 4.46. The van der Waals surface area contributed by atoms with Crippen molar-refractivity contribution in [2.45, 2.75) is 33.1 Å². The van der Waals surface area contributed by atoms with Gasteiger partial charge in [0.2, 0.25) is 0 Å². The second kappa shape index (κ2) is 28.2. The molecule has 0 aromatic heterocycles. The maximum Gasteiger partial charge on any atom is 1.00 e. The Hall–Kier alpha value is 0.370. The summed E-state index contributed by atoms with van der Waals surface area (Å²) in [6.45, 7) is 6.58. The van der Waals surface area contributed by atoms with Gasteiger partial charge in [-0.1, -0.05) is 44.2 Å². The van der Waals surface area contributed by atoms with Gasteiger partial charge in [-0.15, -0.1) is 0 Å². The molecule has 0 saturated heterocycles. The summed E-state index contributed by atoms with van der Waals surface area (Å²) < 4.78 is 4.69. The first-order valence-corrected chi connectivity index (χ1v) is 8.96. The molecule has 0 saturated carbocycles. The molecule has 24 heavy (non-hydrogen) atoms. The fourth-order valence-corrected chi connectivity index (χ4v) is 1.81. The summed E-state index contributed by atoms with van der Waals surface area (Å²) in [5, 5.41) is 18.9. The Labute approximate surface area is 175 Å². The molecule has 0 spiro atoms. The zero-order chi connectivity index (χ0) is 17.6. The first kappa shape index (κ1) is 29.1. The van der Waals surface area contributed by atoms with Crippen LogP contribution in [-0.4, -0.2) is 49.4 Å². The van der Waals surface area contributed by atoms with Crippen LogP contribution in [0.15, 0.2) is 30.3 Å². The van der Waals surface area contributed by atoms with Crippen molar-refractivity contribution in [2.75, 3.05) is 39.2 Å². The van der Waals surface area contributed by atoms with Crippen LogP contribution in [0.3, 0.4) is 0 Å². The van der Waals surface area contributed by atoms with Crippen LogP contribution in [0.1, 0.15) is 33.7 Å². The summed E-state index contributed by atoms with van der Waals surface area (Å²) in [6.07, 6.45) is 2.71. The van der Waals surface area contributed by atoms with Crippen LogP contribution in [0, 0.1) is 0 Å². The predicted octanol–water partition coefficient (Wildman–Crippen LogP) is -0.0612. The van der Waals surface area contributed by atoms with Crippen molar-refractivity contribution in [1.29, 1.82) is 0 Å². The van der Waals surface area contributed by atoms with Crippen LogP contribution in [0.25, 0.3) is 0 Å². The fraction of sp³-hybridized carbons (Fsp3) is 0.647. The SMILES string of the molecule is CCNCC.COOSCCCc1ccccc1.OCCCO.[H-].[Na+]. The molecule has 0 aliphatic heterocycles. The van der Waals surface area contributed by atoms with E-state index in [4.69, 9.17) is 10.2 Å². The maximum absolute atomic E-state index is 7.91. The Morgan fingerprint density at radius 1 is 1.04 bits per heavy atom. The number of aryl methyl sites for hydroxylation is 1. The molecular formula is C17H34NNaO4S. The molecule has 0 aliphatic rings. The van der Waals surface area contributed by atoms with E-state index < -0.39 is 0 Å². The normalized spacial score (nSPS) is 9.04. The van der Waals surface area contributed by atoms with Crippen LogP contribution in [0.4, 0.5) is 0 Å². The molecule has 5 nitrogen and oxygen atoms in total. The Kier molecular flexibility index (Phi) is 34.2. The van der Waals surface area contributed by atoms with Gasteiger partial charge >= 0.3 is 29.6 Å². The summed E-state index contributed by atoms with van der Waals surface area (Å²) in [7, 11) is 1.52. The maximum atomic E-state index is 7.91. The van der Waals surface area contributed by atoms with Crippen molar-refractivity contribution >= 4 is 12.0 Å². The molecule has 0 fully saturated rings. The minimum atomic E-state index is 0. The van der Waals surface area contributed by atoms with Gasteiger partial charge in [-0.3, -0.25) is 0 Å². The Balaban J connectivity index is -0.000000156. The van der Waals surface area contributed by atoms with E-state index >= 15 is 0 Å². The third kappa shape index (κ3) is 27.2. The van der Waals surface area contributed by atoms with Crippen molar-refractivity contribution < 1.29 is 50.4 Å². The molecule has 7 heteroatoms. The zero-order valence-corrected chi connectivity index (χ0v) is 18.5. The number of hydrogen-bond acceptors (Lipinski definition) is 6. The third-order valence-corrected chi connectivity index (χ3v) is 3.16. The van der Waals surface area contributed by atoms with Gasteiger partial charge in [-0.05, 0) is 37.9 Å². The summed E-state index contributed by atoms with van der Waals surface area (Å²) in [5.41, 5.74) is 1.38. The molecule has 1 aromatic carbocycles. The Bertz CT molecular complexity index is 304. The van der Waals surface area contributed by atoms with E-state index in [-0.39, 0.29) is 44.2 Å². The van der Waals surface area contributed by atoms with Crippen LogP contribution in [0.5, 0.6) is 0 Å². The number of aliphatic hydroxyl groups excluding tert-OH is 2. The average molecular weight is 372 g/mol. The van der Waals surface area contributed by atoms with Gasteiger partial charge in [0.05, 0.1) is 7.11 Å². The second-order valence-electron chi connectivity index (χ2n) is 4.40. The van der Waals surface area contributed by atoms with Crippen molar-refractivity contribution in [2.24, 2.45) is 0 Å². The molecule has 1 rings (SSSR count). The summed E-state index contributed by atoms with van der Waals surface area (Å²) >= 11 is 1.35. The standard InChI is InChI=1S/C10H14O2S.C4H11N.C3H8O2.Na.H/c1-11-12-13-9-5-8-10-6-3-2-4-7-10;1-3-5-4-2;4-2-1-3-5;;/h2-4,6-7H,5,8-9H2,1H3;5H,3-4H2,1-2H3;4-5H,1-3H2;;/q;;;+1;-1. The first-order valence-electron chi connectivity index (χ1n) is 8.05. The van der Waals surface area contributed by atoms with Gasteiger partial charge in [-0.2, -0.15) is 4.33 Å². The van der Waals surface area contributed by atoms with Crippen LogP contribution >= 0.6 is 12.0 Å². The van der Waals surface area contributed by atoms with Gasteiger partial charge < -0.3 is 17.0 Å². The van der Waals surface area contributed by atoms with E-state index in [9.17, 15) is 0 Å². The topological polar surface area (TPSA) is 71.0 Å². The largest absolute Gasteiger partial charge is 1.00 e. The van der Waals surface area contributed by atoms with E-state index in [1.165, 1.54) is 24.7 Å². The monoisotopic (exact) mass is 371 g/mol. The number of hydrogen-bond donors (Lipinski definition) is 3. The molecule has 0 unspecified atom stereocenters. The van der Waals surface area contributed by atoms with E-state index in [2.05, 4.69) is 52.7 Å². The van der Waals surface area contributed by atoms with Crippen LogP contribution in [-0.2, 0) is 15.6 Å². The van der Waals surface area contributed by atoms with Gasteiger partial charge in [0, 0.05) is 31.0 Å². The smallest absolute Gasteiger partial charge is 1.00 e. The molecule has 0 aliphatic carbocycles. The molecule has 0 heterocycles. The van der Waals surface area contributed by atoms with Crippen LogP contribution < -0.4 is 34.9 Å². The fourth-order valence-electron chi connectivity index (χ4n) is 1.38. The van der Waals surface area contributed by atoms with Crippen molar-refractivity contribution in [3.63, 3.8) is 0 Å². The van der Waals surface area contributed by atoms with Gasteiger partial charge in [0.1, 0.15) is 0 Å². The predicted molar refractivity (Wildman–Crippen MR) is 99.4 cm³/mol. The average Bonchev–Trinajstić information content (AvgIpc) is 2.58. The van der Waals surface area contributed by atoms with E-state index in [0.29, 0.717) is 6.42 Å². The van der Waals surface area contributed by atoms with Crippen molar-refractivity contribution in [3.8, 4) is 0 Å². The minimum absolute atomic E-state index is 0. The number of benzene rings is 1. The van der Waals surface area contributed by atoms with Crippen molar-refractivity contribution in [1.82, 2.24) is 5.32 Å². The molecule has 0 radical (unpaired) electrons. The second-order valence-corrected chi connectivity index (χ2v) is 5.18. The molecule has 1 aromatic rings. The molecular weight excluding hydrogens is 337 g/mol. The Morgan fingerprint density at radius 2 is 1.62 bits per heavy atom. The van der Waals surface area contributed by atoms with Crippen LogP contribution in [0.2, 0.25) is 0 Å².